The number of para-hydroxylation sites is 1. The van der Waals surface area contributed by atoms with Gasteiger partial charge in [-0.1, -0.05) is 18.2 Å². The lowest BCUT2D eigenvalue weighted by atomic mass is 9.89. The summed E-state index contributed by atoms with van der Waals surface area (Å²) in [5.74, 6) is 0.467. The summed E-state index contributed by atoms with van der Waals surface area (Å²) in [6, 6.07) is 7.07. The highest BCUT2D eigenvalue weighted by atomic mass is 16.5. The molecule has 0 bridgehead atoms. The molecule has 5 nitrogen and oxygen atoms in total. The second kappa shape index (κ2) is 2.98. The molecule has 1 spiro atoms. The highest BCUT2D eigenvalue weighted by Gasteiger charge is 2.49. The van der Waals surface area contributed by atoms with E-state index in [9.17, 15) is 9.59 Å². The lowest BCUT2D eigenvalue weighted by Gasteiger charge is -2.31. The Balaban J connectivity index is 1.98. The Hall–Kier alpha value is -2.04. The zero-order valence-electron chi connectivity index (χ0n) is 8.45. The predicted molar refractivity (Wildman–Crippen MR) is 55.0 cm³/mol. The molecule has 3 amide bonds. The summed E-state index contributed by atoms with van der Waals surface area (Å²) in [5, 5.41) is 4.87. The van der Waals surface area contributed by atoms with Gasteiger partial charge in [-0.05, 0) is 11.6 Å². The summed E-state index contributed by atoms with van der Waals surface area (Å²) in [7, 11) is 0. The number of rotatable bonds is 0. The van der Waals surface area contributed by atoms with Gasteiger partial charge in [-0.2, -0.15) is 0 Å². The minimum atomic E-state index is -0.925. The molecule has 1 saturated heterocycles. The number of imide groups is 1. The van der Waals surface area contributed by atoms with Crippen molar-refractivity contribution in [3.8, 4) is 5.75 Å². The fraction of sp³-hybridized carbons (Fsp3) is 0.273. The maximum atomic E-state index is 11.7. The standard InChI is InChI=1S/C11H10N2O3/c14-9-11(13-10(15)12-9)5-7-3-1-2-4-8(7)16-6-11/h1-4H,5-6H2,(H2,12,13,14,15). The molecule has 1 fully saturated rings. The van der Waals surface area contributed by atoms with Gasteiger partial charge >= 0.3 is 6.03 Å². The molecule has 2 aliphatic rings. The van der Waals surface area contributed by atoms with Crippen molar-refractivity contribution in [3.05, 3.63) is 29.8 Å². The number of ether oxygens (including phenoxy) is 1. The Morgan fingerprint density at radius 1 is 1.25 bits per heavy atom. The van der Waals surface area contributed by atoms with Crippen molar-refractivity contribution in [2.45, 2.75) is 12.0 Å². The first-order valence-corrected chi connectivity index (χ1v) is 5.04. The molecular weight excluding hydrogens is 208 g/mol. The van der Waals surface area contributed by atoms with E-state index >= 15 is 0 Å². The third-order valence-corrected chi connectivity index (χ3v) is 2.95. The van der Waals surface area contributed by atoms with E-state index in [2.05, 4.69) is 10.6 Å². The molecular formula is C11H10N2O3. The number of fused-ring (bicyclic) bond motifs is 1. The topological polar surface area (TPSA) is 67.4 Å². The molecule has 16 heavy (non-hydrogen) atoms. The minimum absolute atomic E-state index is 0.182. The molecule has 2 heterocycles. The average Bonchev–Trinajstić information content (AvgIpc) is 2.53. The first-order valence-electron chi connectivity index (χ1n) is 5.04. The Labute approximate surface area is 91.8 Å². The van der Waals surface area contributed by atoms with E-state index in [-0.39, 0.29) is 12.5 Å². The molecule has 82 valence electrons. The van der Waals surface area contributed by atoms with Gasteiger partial charge in [-0.3, -0.25) is 10.1 Å². The summed E-state index contributed by atoms with van der Waals surface area (Å²) >= 11 is 0. The summed E-state index contributed by atoms with van der Waals surface area (Å²) in [6.45, 7) is 0.182. The first-order chi connectivity index (χ1) is 7.70. The molecule has 1 aromatic carbocycles. The van der Waals surface area contributed by atoms with Crippen molar-refractivity contribution < 1.29 is 14.3 Å². The number of amides is 3. The number of hydrogen-bond donors (Lipinski definition) is 2. The van der Waals surface area contributed by atoms with Crippen LogP contribution in [0.5, 0.6) is 5.75 Å². The molecule has 0 radical (unpaired) electrons. The van der Waals surface area contributed by atoms with E-state index in [4.69, 9.17) is 4.74 Å². The van der Waals surface area contributed by atoms with Crippen LogP contribution in [0.15, 0.2) is 24.3 Å². The van der Waals surface area contributed by atoms with Gasteiger partial charge in [0.25, 0.3) is 5.91 Å². The van der Waals surface area contributed by atoms with Crippen LogP contribution in [0.25, 0.3) is 0 Å². The van der Waals surface area contributed by atoms with E-state index in [1.54, 1.807) is 0 Å². The minimum Gasteiger partial charge on any atom is -0.490 e. The number of urea groups is 1. The Bertz CT molecular complexity index is 486. The number of carbonyl (C=O) groups excluding carboxylic acids is 2. The Morgan fingerprint density at radius 2 is 2.06 bits per heavy atom. The molecule has 1 atom stereocenters. The van der Waals surface area contributed by atoms with E-state index in [0.29, 0.717) is 6.42 Å². The Kier molecular flexibility index (Phi) is 1.71. The molecule has 0 aromatic heterocycles. The van der Waals surface area contributed by atoms with Gasteiger partial charge in [0.1, 0.15) is 12.4 Å². The maximum Gasteiger partial charge on any atom is 0.322 e. The predicted octanol–water partition coefficient (Wildman–Crippen LogP) is 0.200. The van der Waals surface area contributed by atoms with E-state index < -0.39 is 11.6 Å². The highest BCUT2D eigenvalue weighted by Crippen LogP contribution is 2.30. The number of nitrogens with one attached hydrogen (secondary N) is 2. The van der Waals surface area contributed by atoms with Crippen LogP contribution < -0.4 is 15.4 Å². The van der Waals surface area contributed by atoms with E-state index in [1.165, 1.54) is 0 Å². The largest absolute Gasteiger partial charge is 0.490 e. The van der Waals surface area contributed by atoms with Crippen molar-refractivity contribution in [2.75, 3.05) is 6.61 Å². The summed E-state index contributed by atoms with van der Waals surface area (Å²) in [5.41, 5.74) is 0.0110. The third-order valence-electron chi connectivity index (χ3n) is 2.95. The van der Waals surface area contributed by atoms with Crippen LogP contribution in [0.3, 0.4) is 0 Å². The molecule has 3 rings (SSSR count). The number of benzene rings is 1. The van der Waals surface area contributed by atoms with Gasteiger partial charge in [0.05, 0.1) is 0 Å². The third kappa shape index (κ3) is 1.18. The average molecular weight is 218 g/mol. The van der Waals surface area contributed by atoms with Crippen molar-refractivity contribution in [1.29, 1.82) is 0 Å². The van der Waals surface area contributed by atoms with Crippen LogP contribution >= 0.6 is 0 Å². The van der Waals surface area contributed by atoms with Gasteiger partial charge in [-0.15, -0.1) is 0 Å². The van der Waals surface area contributed by atoms with E-state index in [1.807, 2.05) is 24.3 Å². The van der Waals surface area contributed by atoms with E-state index in [0.717, 1.165) is 11.3 Å². The molecule has 2 N–H and O–H groups in total. The van der Waals surface area contributed by atoms with Crippen LogP contribution in [0.1, 0.15) is 5.56 Å². The Morgan fingerprint density at radius 3 is 2.81 bits per heavy atom. The van der Waals surface area contributed by atoms with Gasteiger partial charge < -0.3 is 10.1 Å². The molecule has 5 heteroatoms. The van der Waals surface area contributed by atoms with Gasteiger partial charge in [0, 0.05) is 6.42 Å². The van der Waals surface area contributed by atoms with Crippen LogP contribution in [0, 0.1) is 0 Å². The van der Waals surface area contributed by atoms with Crippen molar-refractivity contribution in [2.24, 2.45) is 0 Å². The smallest absolute Gasteiger partial charge is 0.322 e. The fourth-order valence-corrected chi connectivity index (χ4v) is 2.12. The second-order valence-electron chi connectivity index (χ2n) is 4.06. The van der Waals surface area contributed by atoms with Gasteiger partial charge in [0.15, 0.2) is 5.54 Å². The normalized spacial score (nSPS) is 27.0. The van der Waals surface area contributed by atoms with Crippen LogP contribution in [-0.2, 0) is 11.2 Å². The molecule has 0 aliphatic carbocycles. The monoisotopic (exact) mass is 218 g/mol. The SMILES string of the molecule is O=C1NC(=O)C2(COc3ccccc3C2)N1. The number of carbonyl (C=O) groups is 2. The lowest BCUT2D eigenvalue weighted by Crippen LogP contribution is -2.55. The molecule has 0 saturated carbocycles. The van der Waals surface area contributed by atoms with Crippen LogP contribution in [-0.4, -0.2) is 24.1 Å². The summed E-state index contributed by atoms with van der Waals surface area (Å²) in [4.78, 5) is 22.8. The van der Waals surface area contributed by atoms with Crippen molar-refractivity contribution in [3.63, 3.8) is 0 Å². The summed E-state index contributed by atoms with van der Waals surface area (Å²) in [6.07, 6.45) is 0.473. The zero-order chi connectivity index (χ0) is 11.2. The van der Waals surface area contributed by atoms with Gasteiger partial charge in [0.2, 0.25) is 0 Å². The summed E-state index contributed by atoms with van der Waals surface area (Å²) < 4.78 is 5.50. The fourth-order valence-electron chi connectivity index (χ4n) is 2.12. The molecule has 1 unspecified atom stereocenters. The lowest BCUT2D eigenvalue weighted by molar-refractivity contribution is -0.125. The quantitative estimate of drug-likeness (QED) is 0.611. The van der Waals surface area contributed by atoms with Crippen molar-refractivity contribution >= 4 is 11.9 Å². The first kappa shape index (κ1) is 9.21. The van der Waals surface area contributed by atoms with Crippen molar-refractivity contribution in [1.82, 2.24) is 10.6 Å². The zero-order valence-corrected chi connectivity index (χ0v) is 8.45. The highest BCUT2D eigenvalue weighted by molar-refractivity contribution is 6.07. The molecule has 2 aliphatic heterocycles. The second-order valence-corrected chi connectivity index (χ2v) is 4.06. The molecule has 1 aromatic rings. The van der Waals surface area contributed by atoms with Crippen LogP contribution in [0.2, 0.25) is 0 Å². The van der Waals surface area contributed by atoms with Crippen LogP contribution in [0.4, 0.5) is 4.79 Å². The maximum absolute atomic E-state index is 11.7. The number of hydrogen-bond acceptors (Lipinski definition) is 3. The van der Waals surface area contributed by atoms with Gasteiger partial charge in [-0.25, -0.2) is 4.79 Å².